The molecule has 2 nitrogen and oxygen atoms in total. The number of hydrogen-bond donors (Lipinski definition) is 1. The SMILES string of the molecule is OC1CCCCN1C1(c2ccccc2)CCCCC1. The van der Waals surface area contributed by atoms with Crippen molar-refractivity contribution in [2.75, 3.05) is 6.54 Å². The maximum absolute atomic E-state index is 10.5. The third kappa shape index (κ3) is 2.44. The average Bonchev–Trinajstić information content (AvgIpc) is 2.49. The first-order valence-electron chi connectivity index (χ1n) is 7.83. The molecular weight excluding hydrogens is 234 g/mol. The highest BCUT2D eigenvalue weighted by atomic mass is 16.3. The van der Waals surface area contributed by atoms with Crippen molar-refractivity contribution in [2.24, 2.45) is 0 Å². The number of aliphatic hydroxyl groups excluding tert-OH is 1. The second kappa shape index (κ2) is 5.64. The Morgan fingerprint density at radius 3 is 2.37 bits per heavy atom. The summed E-state index contributed by atoms with van der Waals surface area (Å²) in [5.41, 5.74) is 1.51. The molecule has 0 bridgehead atoms. The maximum Gasteiger partial charge on any atom is 0.108 e. The van der Waals surface area contributed by atoms with Crippen LogP contribution < -0.4 is 0 Å². The van der Waals surface area contributed by atoms with E-state index < -0.39 is 0 Å². The van der Waals surface area contributed by atoms with Crippen molar-refractivity contribution in [3.8, 4) is 0 Å². The van der Waals surface area contributed by atoms with E-state index in [-0.39, 0.29) is 11.8 Å². The summed E-state index contributed by atoms with van der Waals surface area (Å²) in [6.45, 7) is 1.05. The molecule has 2 heteroatoms. The number of likely N-dealkylation sites (tertiary alicyclic amines) is 1. The maximum atomic E-state index is 10.5. The molecule has 1 saturated carbocycles. The molecule has 104 valence electrons. The standard InChI is InChI=1S/C17H25NO/c19-16-11-5-8-14-18(16)17(12-6-2-7-13-17)15-9-3-1-4-10-15/h1,3-4,9-10,16,19H,2,5-8,11-14H2. The number of rotatable bonds is 2. The van der Waals surface area contributed by atoms with Crippen molar-refractivity contribution in [1.29, 1.82) is 0 Å². The fourth-order valence-corrected chi connectivity index (χ4v) is 4.04. The smallest absolute Gasteiger partial charge is 0.108 e. The Labute approximate surface area is 116 Å². The first kappa shape index (κ1) is 13.1. The molecule has 1 aromatic rings. The van der Waals surface area contributed by atoms with Gasteiger partial charge in [-0.15, -0.1) is 0 Å². The summed E-state index contributed by atoms with van der Waals surface area (Å²) < 4.78 is 0. The van der Waals surface area contributed by atoms with E-state index in [2.05, 4.69) is 35.2 Å². The molecular formula is C17H25NO. The fraction of sp³-hybridized carbons (Fsp3) is 0.647. The minimum atomic E-state index is -0.243. The van der Waals surface area contributed by atoms with E-state index in [9.17, 15) is 5.11 Å². The molecule has 1 aliphatic carbocycles. The predicted octanol–water partition coefficient (Wildman–Crippen LogP) is 3.65. The first-order chi connectivity index (χ1) is 9.33. The summed E-state index contributed by atoms with van der Waals surface area (Å²) >= 11 is 0. The molecule has 1 aromatic carbocycles. The van der Waals surface area contributed by atoms with Gasteiger partial charge >= 0.3 is 0 Å². The monoisotopic (exact) mass is 259 g/mol. The van der Waals surface area contributed by atoms with Gasteiger partial charge in [0.25, 0.3) is 0 Å². The molecule has 1 N–H and O–H groups in total. The largest absolute Gasteiger partial charge is 0.378 e. The minimum Gasteiger partial charge on any atom is -0.378 e. The summed E-state index contributed by atoms with van der Waals surface area (Å²) in [6, 6.07) is 10.9. The van der Waals surface area contributed by atoms with Crippen LogP contribution in [0, 0.1) is 0 Å². The Kier molecular flexibility index (Phi) is 3.90. The zero-order valence-corrected chi connectivity index (χ0v) is 11.7. The lowest BCUT2D eigenvalue weighted by Gasteiger charge is -2.50. The molecule has 1 aliphatic heterocycles. The van der Waals surface area contributed by atoms with Crippen molar-refractivity contribution >= 4 is 0 Å². The van der Waals surface area contributed by atoms with Gasteiger partial charge in [-0.2, -0.15) is 0 Å². The highest BCUT2D eigenvalue weighted by molar-refractivity contribution is 5.25. The summed E-state index contributed by atoms with van der Waals surface area (Å²) in [7, 11) is 0. The second-order valence-electron chi connectivity index (χ2n) is 6.13. The van der Waals surface area contributed by atoms with Crippen LogP contribution in [0.2, 0.25) is 0 Å². The zero-order chi connectivity index (χ0) is 13.1. The van der Waals surface area contributed by atoms with Crippen molar-refractivity contribution in [3.05, 3.63) is 35.9 Å². The van der Waals surface area contributed by atoms with Crippen LogP contribution in [0.4, 0.5) is 0 Å². The summed E-state index contributed by atoms with van der Waals surface area (Å²) in [5, 5.41) is 10.5. The third-order valence-electron chi connectivity index (χ3n) is 5.01. The van der Waals surface area contributed by atoms with Gasteiger partial charge in [-0.1, -0.05) is 49.6 Å². The van der Waals surface area contributed by atoms with Gasteiger partial charge in [-0.05, 0) is 37.7 Å². The lowest BCUT2D eigenvalue weighted by Crippen LogP contribution is -2.54. The molecule has 1 unspecified atom stereocenters. The lowest BCUT2D eigenvalue weighted by atomic mass is 9.74. The molecule has 19 heavy (non-hydrogen) atoms. The van der Waals surface area contributed by atoms with Crippen LogP contribution in [0.1, 0.15) is 56.9 Å². The number of piperidine rings is 1. The Balaban J connectivity index is 1.96. The van der Waals surface area contributed by atoms with Gasteiger partial charge in [0.2, 0.25) is 0 Å². The van der Waals surface area contributed by atoms with Crippen molar-refractivity contribution in [1.82, 2.24) is 4.90 Å². The van der Waals surface area contributed by atoms with Gasteiger partial charge in [0, 0.05) is 12.1 Å². The van der Waals surface area contributed by atoms with Gasteiger partial charge in [0.15, 0.2) is 0 Å². The highest BCUT2D eigenvalue weighted by Crippen LogP contribution is 2.44. The Morgan fingerprint density at radius 2 is 1.68 bits per heavy atom. The Morgan fingerprint density at radius 1 is 0.947 bits per heavy atom. The number of aliphatic hydroxyl groups is 1. The van der Waals surface area contributed by atoms with Gasteiger partial charge in [-0.3, -0.25) is 4.90 Å². The highest BCUT2D eigenvalue weighted by Gasteiger charge is 2.42. The van der Waals surface area contributed by atoms with Gasteiger partial charge in [0.1, 0.15) is 6.23 Å². The summed E-state index contributed by atoms with van der Waals surface area (Å²) in [4.78, 5) is 2.41. The molecule has 0 aromatic heterocycles. The third-order valence-corrected chi connectivity index (χ3v) is 5.01. The van der Waals surface area contributed by atoms with Crippen LogP contribution in [-0.2, 0) is 5.54 Å². The number of hydrogen-bond acceptors (Lipinski definition) is 2. The first-order valence-corrected chi connectivity index (χ1v) is 7.83. The molecule has 1 atom stereocenters. The zero-order valence-electron chi connectivity index (χ0n) is 11.7. The van der Waals surface area contributed by atoms with Gasteiger partial charge in [0.05, 0.1) is 0 Å². The van der Waals surface area contributed by atoms with E-state index in [1.54, 1.807) is 0 Å². The van der Waals surface area contributed by atoms with Crippen LogP contribution >= 0.6 is 0 Å². The van der Waals surface area contributed by atoms with Crippen LogP contribution in [0.25, 0.3) is 0 Å². The quantitative estimate of drug-likeness (QED) is 0.876. The van der Waals surface area contributed by atoms with E-state index in [0.717, 1.165) is 13.0 Å². The van der Waals surface area contributed by atoms with Gasteiger partial charge < -0.3 is 5.11 Å². The summed E-state index contributed by atoms with van der Waals surface area (Å²) in [6.07, 6.45) is 9.42. The van der Waals surface area contributed by atoms with Crippen LogP contribution in [0.15, 0.2) is 30.3 Å². The number of benzene rings is 1. The molecule has 1 saturated heterocycles. The van der Waals surface area contributed by atoms with E-state index >= 15 is 0 Å². The average molecular weight is 259 g/mol. The predicted molar refractivity (Wildman–Crippen MR) is 77.8 cm³/mol. The summed E-state index contributed by atoms with van der Waals surface area (Å²) in [5.74, 6) is 0. The molecule has 0 spiro atoms. The van der Waals surface area contributed by atoms with Crippen molar-refractivity contribution in [2.45, 2.75) is 63.1 Å². The van der Waals surface area contributed by atoms with Crippen molar-refractivity contribution in [3.63, 3.8) is 0 Å². The Hall–Kier alpha value is -0.860. The molecule has 2 aliphatic rings. The molecule has 2 fully saturated rings. The van der Waals surface area contributed by atoms with E-state index in [0.29, 0.717) is 0 Å². The van der Waals surface area contributed by atoms with E-state index in [1.165, 1.54) is 50.5 Å². The normalized spacial score (nSPS) is 28.2. The Bertz CT molecular complexity index is 397. The second-order valence-corrected chi connectivity index (χ2v) is 6.13. The molecule has 0 radical (unpaired) electrons. The number of nitrogens with zero attached hydrogens (tertiary/aromatic N) is 1. The molecule has 0 amide bonds. The van der Waals surface area contributed by atoms with Crippen LogP contribution in [0.5, 0.6) is 0 Å². The lowest BCUT2D eigenvalue weighted by molar-refractivity contribution is -0.107. The van der Waals surface area contributed by atoms with E-state index in [4.69, 9.17) is 0 Å². The van der Waals surface area contributed by atoms with Crippen LogP contribution in [0.3, 0.4) is 0 Å². The van der Waals surface area contributed by atoms with Crippen LogP contribution in [-0.4, -0.2) is 22.8 Å². The topological polar surface area (TPSA) is 23.5 Å². The fourth-order valence-electron chi connectivity index (χ4n) is 4.04. The van der Waals surface area contributed by atoms with Crippen molar-refractivity contribution < 1.29 is 5.11 Å². The minimum absolute atomic E-state index is 0.0966. The molecule has 1 heterocycles. The van der Waals surface area contributed by atoms with E-state index in [1.807, 2.05) is 0 Å². The molecule has 3 rings (SSSR count). The van der Waals surface area contributed by atoms with Gasteiger partial charge in [-0.25, -0.2) is 0 Å².